The van der Waals surface area contributed by atoms with Crippen molar-refractivity contribution in [1.29, 1.82) is 0 Å². The number of nitrogens with zero attached hydrogens (tertiary/aromatic N) is 1. The lowest BCUT2D eigenvalue weighted by molar-refractivity contribution is -0.137. The fourth-order valence-corrected chi connectivity index (χ4v) is 4.34. The van der Waals surface area contributed by atoms with Crippen LogP contribution < -0.4 is 5.32 Å². The van der Waals surface area contributed by atoms with E-state index in [2.05, 4.69) is 5.32 Å². The Hall–Kier alpha value is -1.61. The summed E-state index contributed by atoms with van der Waals surface area (Å²) in [5, 5.41) is 2.21. The van der Waals surface area contributed by atoms with Crippen molar-refractivity contribution in [2.75, 3.05) is 18.1 Å². The molecule has 0 heterocycles. The van der Waals surface area contributed by atoms with Crippen LogP contribution in [0.4, 0.5) is 18.9 Å². The molecule has 146 valence electrons. The molecule has 1 aromatic rings. The van der Waals surface area contributed by atoms with Crippen LogP contribution in [0, 0.1) is 0 Å². The molecular weight excluding hydrogens is 369 g/mol. The Morgan fingerprint density at radius 3 is 2.27 bits per heavy atom. The Labute approximate surface area is 151 Å². The summed E-state index contributed by atoms with van der Waals surface area (Å²) in [4.78, 5) is 12.3. The van der Waals surface area contributed by atoms with Crippen LogP contribution in [0.25, 0.3) is 0 Å². The van der Waals surface area contributed by atoms with Gasteiger partial charge in [-0.2, -0.15) is 17.5 Å². The topological polar surface area (TPSA) is 66.5 Å². The van der Waals surface area contributed by atoms with Gasteiger partial charge in [0.05, 0.1) is 24.1 Å². The maximum Gasteiger partial charge on any atom is 0.418 e. The van der Waals surface area contributed by atoms with Crippen LogP contribution in [-0.2, 0) is 21.0 Å². The molecule has 1 fully saturated rings. The number of alkyl halides is 3. The second-order valence-electron chi connectivity index (χ2n) is 6.55. The van der Waals surface area contributed by atoms with Gasteiger partial charge in [0.2, 0.25) is 15.9 Å². The molecule has 0 bridgehead atoms. The van der Waals surface area contributed by atoms with E-state index < -0.39 is 34.2 Å². The number of carbonyl (C=O) groups excluding carboxylic acids is 1. The largest absolute Gasteiger partial charge is 0.418 e. The molecule has 0 spiro atoms. The Balaban J connectivity index is 2.16. The van der Waals surface area contributed by atoms with E-state index in [9.17, 15) is 26.4 Å². The van der Waals surface area contributed by atoms with Crippen LogP contribution in [0.5, 0.6) is 0 Å². The first-order valence-electron chi connectivity index (χ1n) is 8.52. The molecule has 0 aliphatic heterocycles. The van der Waals surface area contributed by atoms with Crippen molar-refractivity contribution in [3.05, 3.63) is 29.8 Å². The smallest absolute Gasteiger partial charge is 0.324 e. The standard InChI is InChI=1S/C17H23F3N2O3S/c1-26(24,25)22(13-8-4-2-3-5-9-13)12-16(23)21-15-11-7-6-10-14(15)17(18,19)20/h6-7,10-11,13H,2-5,8-9,12H2,1H3,(H,21,23). The number of nitrogens with one attached hydrogen (secondary N) is 1. The normalized spacial score (nSPS) is 17.1. The zero-order valence-electron chi connectivity index (χ0n) is 14.6. The summed E-state index contributed by atoms with van der Waals surface area (Å²) in [6.45, 7) is -0.490. The summed E-state index contributed by atoms with van der Waals surface area (Å²) in [7, 11) is -3.66. The molecule has 0 saturated heterocycles. The number of hydrogen-bond donors (Lipinski definition) is 1. The molecule has 1 aromatic carbocycles. The fourth-order valence-electron chi connectivity index (χ4n) is 3.23. The van der Waals surface area contributed by atoms with Crippen LogP contribution in [0.1, 0.15) is 44.1 Å². The summed E-state index contributed by atoms with van der Waals surface area (Å²) >= 11 is 0. The molecule has 1 aliphatic rings. The van der Waals surface area contributed by atoms with Crippen LogP contribution in [0.15, 0.2) is 24.3 Å². The summed E-state index contributed by atoms with van der Waals surface area (Å²) < 4.78 is 64.4. The fraction of sp³-hybridized carbons (Fsp3) is 0.588. The van der Waals surface area contributed by atoms with Gasteiger partial charge in [-0.05, 0) is 25.0 Å². The lowest BCUT2D eigenvalue weighted by Crippen LogP contribution is -2.44. The van der Waals surface area contributed by atoms with E-state index in [1.807, 2.05) is 0 Å². The minimum atomic E-state index is -4.61. The van der Waals surface area contributed by atoms with Gasteiger partial charge in [0.15, 0.2) is 0 Å². The second-order valence-corrected chi connectivity index (χ2v) is 8.48. The van der Waals surface area contributed by atoms with Crippen molar-refractivity contribution in [3.8, 4) is 0 Å². The number of anilines is 1. The van der Waals surface area contributed by atoms with Gasteiger partial charge in [0.1, 0.15) is 0 Å². The Bertz CT molecular complexity index is 727. The number of carbonyl (C=O) groups is 1. The molecule has 2 rings (SSSR count). The number of amides is 1. The zero-order chi connectivity index (χ0) is 19.4. The molecule has 1 amide bonds. The molecule has 1 aliphatic carbocycles. The summed E-state index contributed by atoms with van der Waals surface area (Å²) in [5.41, 5.74) is -1.34. The van der Waals surface area contributed by atoms with E-state index in [4.69, 9.17) is 0 Å². The predicted octanol–water partition coefficient (Wildman–Crippen LogP) is 3.63. The molecule has 9 heteroatoms. The Morgan fingerprint density at radius 1 is 1.15 bits per heavy atom. The summed E-state index contributed by atoms with van der Waals surface area (Å²) in [5.74, 6) is -0.781. The second kappa shape index (κ2) is 8.39. The zero-order valence-corrected chi connectivity index (χ0v) is 15.4. The van der Waals surface area contributed by atoms with Gasteiger partial charge in [0, 0.05) is 6.04 Å². The molecular formula is C17H23F3N2O3S. The van der Waals surface area contributed by atoms with E-state index in [1.54, 1.807) is 0 Å². The first kappa shape index (κ1) is 20.7. The minimum absolute atomic E-state index is 0.295. The van der Waals surface area contributed by atoms with Crippen LogP contribution in [0.3, 0.4) is 0 Å². The van der Waals surface area contributed by atoms with Crippen molar-refractivity contribution in [3.63, 3.8) is 0 Å². The monoisotopic (exact) mass is 392 g/mol. The Kier molecular flexibility index (Phi) is 6.68. The number of para-hydroxylation sites is 1. The number of sulfonamides is 1. The van der Waals surface area contributed by atoms with Gasteiger partial charge in [-0.15, -0.1) is 0 Å². The highest BCUT2D eigenvalue weighted by Gasteiger charge is 2.34. The predicted molar refractivity (Wildman–Crippen MR) is 93.1 cm³/mol. The number of benzene rings is 1. The highest BCUT2D eigenvalue weighted by Crippen LogP contribution is 2.34. The van der Waals surface area contributed by atoms with E-state index in [0.29, 0.717) is 12.8 Å². The third-order valence-electron chi connectivity index (χ3n) is 4.46. The van der Waals surface area contributed by atoms with Crippen molar-refractivity contribution in [2.45, 2.75) is 50.7 Å². The lowest BCUT2D eigenvalue weighted by atomic mass is 10.1. The number of halogens is 3. The minimum Gasteiger partial charge on any atom is -0.324 e. The van der Waals surface area contributed by atoms with E-state index in [-0.39, 0.29) is 11.7 Å². The molecule has 0 radical (unpaired) electrons. The van der Waals surface area contributed by atoms with Gasteiger partial charge in [-0.25, -0.2) is 8.42 Å². The number of rotatable bonds is 5. The molecule has 5 nitrogen and oxygen atoms in total. The van der Waals surface area contributed by atoms with Gasteiger partial charge >= 0.3 is 6.18 Å². The van der Waals surface area contributed by atoms with Crippen LogP contribution in [0.2, 0.25) is 0 Å². The maximum absolute atomic E-state index is 13.0. The molecule has 1 N–H and O–H groups in total. The van der Waals surface area contributed by atoms with Gasteiger partial charge in [0.25, 0.3) is 0 Å². The van der Waals surface area contributed by atoms with Gasteiger partial charge in [-0.3, -0.25) is 4.79 Å². The maximum atomic E-state index is 13.0. The van der Waals surface area contributed by atoms with Gasteiger partial charge in [-0.1, -0.05) is 37.8 Å². The lowest BCUT2D eigenvalue weighted by Gasteiger charge is -2.28. The highest BCUT2D eigenvalue weighted by molar-refractivity contribution is 7.88. The van der Waals surface area contributed by atoms with Crippen LogP contribution >= 0.6 is 0 Å². The average molecular weight is 392 g/mol. The third kappa shape index (κ3) is 5.70. The Morgan fingerprint density at radius 2 is 1.73 bits per heavy atom. The molecule has 0 atom stereocenters. The van der Waals surface area contributed by atoms with E-state index >= 15 is 0 Å². The molecule has 1 saturated carbocycles. The van der Waals surface area contributed by atoms with Crippen molar-refractivity contribution in [2.24, 2.45) is 0 Å². The van der Waals surface area contributed by atoms with Crippen molar-refractivity contribution in [1.82, 2.24) is 4.31 Å². The van der Waals surface area contributed by atoms with Crippen molar-refractivity contribution < 1.29 is 26.4 Å². The summed E-state index contributed by atoms with van der Waals surface area (Å²) in [6.07, 6.45) is 1.48. The first-order valence-corrected chi connectivity index (χ1v) is 10.4. The highest BCUT2D eigenvalue weighted by atomic mass is 32.2. The number of hydrogen-bond acceptors (Lipinski definition) is 3. The first-order chi connectivity index (χ1) is 12.1. The quantitative estimate of drug-likeness (QED) is 0.778. The summed E-state index contributed by atoms with van der Waals surface area (Å²) in [6, 6.07) is 4.33. The van der Waals surface area contributed by atoms with Crippen molar-refractivity contribution >= 4 is 21.6 Å². The van der Waals surface area contributed by atoms with E-state index in [0.717, 1.165) is 48.4 Å². The SMILES string of the molecule is CS(=O)(=O)N(CC(=O)Nc1ccccc1C(F)(F)F)C1CCCCCC1. The van der Waals surface area contributed by atoms with E-state index in [1.165, 1.54) is 12.1 Å². The van der Waals surface area contributed by atoms with Crippen LogP contribution in [-0.4, -0.2) is 37.5 Å². The van der Waals surface area contributed by atoms with Gasteiger partial charge < -0.3 is 5.32 Å². The average Bonchev–Trinajstić information content (AvgIpc) is 2.80. The third-order valence-corrected chi connectivity index (χ3v) is 5.74. The molecule has 26 heavy (non-hydrogen) atoms. The molecule has 0 aromatic heterocycles. The molecule has 0 unspecified atom stereocenters.